The number of halogens is 6. The molecule has 0 aliphatic carbocycles. The van der Waals surface area contributed by atoms with Crippen LogP contribution in [-0.4, -0.2) is 27.2 Å². The molecule has 6 nitrogen and oxygen atoms in total. The number of carbonyl (C=O) groups excluding carboxylic acids is 1. The van der Waals surface area contributed by atoms with Crippen molar-refractivity contribution in [2.75, 3.05) is 0 Å². The third kappa shape index (κ3) is 6.21. The number of aromatic nitrogens is 2. The molecule has 0 radical (unpaired) electrons. The first kappa shape index (κ1) is 31.6. The van der Waals surface area contributed by atoms with E-state index in [0.29, 0.717) is 56.0 Å². The Morgan fingerprint density at radius 3 is 2.20 bits per heavy atom. The van der Waals surface area contributed by atoms with Gasteiger partial charge in [-0.3, -0.25) is 4.90 Å². The van der Waals surface area contributed by atoms with E-state index in [1.165, 1.54) is 4.90 Å². The van der Waals surface area contributed by atoms with Crippen LogP contribution in [-0.2, 0) is 29.9 Å². The lowest BCUT2D eigenvalue weighted by atomic mass is 9.83. The van der Waals surface area contributed by atoms with Gasteiger partial charge in [-0.25, -0.2) is 4.79 Å². The van der Waals surface area contributed by atoms with E-state index in [0.717, 1.165) is 33.4 Å². The third-order valence-corrected chi connectivity index (χ3v) is 8.75. The quantitative estimate of drug-likeness (QED) is 0.196. The summed E-state index contributed by atoms with van der Waals surface area (Å²) in [4.78, 5) is 15.0. The van der Waals surface area contributed by atoms with Crippen molar-refractivity contribution >= 4 is 6.09 Å². The number of rotatable bonds is 6. The van der Waals surface area contributed by atoms with Gasteiger partial charge in [0, 0.05) is 13.3 Å². The molecule has 2 aliphatic rings. The number of hydrogen-bond donors (Lipinski definition) is 0. The van der Waals surface area contributed by atoms with Gasteiger partial charge in [-0.2, -0.15) is 26.3 Å². The number of cyclic esters (lactones) is 1. The van der Waals surface area contributed by atoms with E-state index in [9.17, 15) is 31.1 Å². The van der Waals surface area contributed by atoms with Gasteiger partial charge < -0.3 is 9.15 Å². The molecular weight excluding hydrogens is 612 g/mol. The highest BCUT2D eigenvalue weighted by Gasteiger charge is 2.49. The number of nitrogens with zero attached hydrogens (tertiary/aromatic N) is 3. The molecular formula is C34H31F6N3O3. The maximum Gasteiger partial charge on any atom is 0.416 e. The molecule has 12 heteroatoms. The van der Waals surface area contributed by atoms with Crippen molar-refractivity contribution in [2.24, 2.45) is 0 Å². The highest BCUT2D eigenvalue weighted by Crippen LogP contribution is 2.49. The van der Waals surface area contributed by atoms with Crippen LogP contribution in [0.4, 0.5) is 31.1 Å². The Hall–Kier alpha value is -4.35. The van der Waals surface area contributed by atoms with Crippen LogP contribution < -0.4 is 0 Å². The molecule has 0 bridgehead atoms. The first-order valence-electron chi connectivity index (χ1n) is 15.0. The van der Waals surface area contributed by atoms with Crippen LogP contribution in [0, 0.1) is 20.8 Å². The zero-order valence-electron chi connectivity index (χ0n) is 25.3. The van der Waals surface area contributed by atoms with E-state index in [1.54, 1.807) is 6.92 Å². The highest BCUT2D eigenvalue weighted by molar-refractivity contribution is 5.76. The first-order chi connectivity index (χ1) is 21.7. The smallest absolute Gasteiger partial charge is 0.416 e. The number of carbonyl (C=O) groups is 1. The Kier molecular flexibility index (Phi) is 8.10. The van der Waals surface area contributed by atoms with E-state index >= 15 is 0 Å². The molecule has 2 saturated heterocycles. The van der Waals surface area contributed by atoms with Crippen molar-refractivity contribution in [3.05, 3.63) is 105 Å². The average Bonchev–Trinajstić information content (AvgIpc) is 3.58. The number of amides is 1. The van der Waals surface area contributed by atoms with Crippen LogP contribution in [0.3, 0.4) is 0 Å². The van der Waals surface area contributed by atoms with Crippen LogP contribution in [0.15, 0.2) is 59.0 Å². The summed E-state index contributed by atoms with van der Waals surface area (Å²) in [6.45, 7) is 5.64. The number of ether oxygens (including phenoxy) is 1. The number of alkyl halides is 6. The molecule has 1 aromatic heterocycles. The monoisotopic (exact) mass is 643 g/mol. The second kappa shape index (κ2) is 11.8. The minimum absolute atomic E-state index is 0.0836. The fourth-order valence-electron chi connectivity index (χ4n) is 6.58. The second-order valence-electron chi connectivity index (χ2n) is 12.0. The summed E-state index contributed by atoms with van der Waals surface area (Å²) < 4.78 is 93.1. The predicted molar refractivity (Wildman–Crippen MR) is 156 cm³/mol. The number of hydrogen-bond acceptors (Lipinski definition) is 5. The summed E-state index contributed by atoms with van der Waals surface area (Å²) in [5.74, 6) is 1.03. The molecule has 0 saturated carbocycles. The number of benzene rings is 3. The van der Waals surface area contributed by atoms with Gasteiger partial charge in [0.15, 0.2) is 0 Å². The van der Waals surface area contributed by atoms with E-state index in [2.05, 4.69) is 16.3 Å². The van der Waals surface area contributed by atoms with Crippen LogP contribution >= 0.6 is 0 Å². The van der Waals surface area contributed by atoms with Crippen molar-refractivity contribution in [3.63, 3.8) is 0 Å². The molecule has 6 rings (SSSR count). The average molecular weight is 644 g/mol. The van der Waals surface area contributed by atoms with Crippen molar-refractivity contribution in [3.8, 4) is 11.1 Å². The van der Waals surface area contributed by atoms with E-state index < -0.39 is 47.8 Å². The number of fused-ring (bicyclic) bond motifs is 1. The van der Waals surface area contributed by atoms with E-state index in [1.807, 2.05) is 44.2 Å². The molecule has 2 fully saturated rings. The molecule has 3 atom stereocenters. The van der Waals surface area contributed by atoms with Gasteiger partial charge in [0.1, 0.15) is 6.10 Å². The summed E-state index contributed by atoms with van der Waals surface area (Å²) in [5.41, 5.74) is 2.46. The van der Waals surface area contributed by atoms with Gasteiger partial charge >= 0.3 is 18.4 Å². The molecule has 2 aliphatic heterocycles. The van der Waals surface area contributed by atoms with Crippen LogP contribution in [0.25, 0.3) is 11.1 Å². The maximum absolute atomic E-state index is 13.7. The van der Waals surface area contributed by atoms with Gasteiger partial charge in [0.2, 0.25) is 11.8 Å². The van der Waals surface area contributed by atoms with Crippen LogP contribution in [0.1, 0.15) is 82.1 Å². The molecule has 3 heterocycles. The molecule has 0 unspecified atom stereocenters. The van der Waals surface area contributed by atoms with Crippen molar-refractivity contribution in [1.29, 1.82) is 0 Å². The molecule has 0 N–H and O–H groups in total. The third-order valence-electron chi connectivity index (χ3n) is 8.75. The zero-order chi connectivity index (χ0) is 33.0. The summed E-state index contributed by atoms with van der Waals surface area (Å²) >= 11 is 0. The van der Waals surface area contributed by atoms with Crippen LogP contribution in [0.2, 0.25) is 0 Å². The maximum atomic E-state index is 13.7. The topological polar surface area (TPSA) is 68.5 Å². The zero-order valence-corrected chi connectivity index (χ0v) is 25.3. The van der Waals surface area contributed by atoms with E-state index in [-0.39, 0.29) is 11.6 Å². The molecule has 1 amide bonds. The normalized spacial score (nSPS) is 20.2. The van der Waals surface area contributed by atoms with Gasteiger partial charge in [-0.05, 0) is 91.1 Å². The van der Waals surface area contributed by atoms with Crippen molar-refractivity contribution < 1.29 is 40.3 Å². The van der Waals surface area contributed by atoms with Gasteiger partial charge in [-0.15, -0.1) is 10.2 Å². The Bertz CT molecular complexity index is 1750. The first-order valence-corrected chi connectivity index (χ1v) is 15.0. The molecule has 4 aromatic rings. The number of piperidine rings is 1. The lowest BCUT2D eigenvalue weighted by Gasteiger charge is -2.38. The van der Waals surface area contributed by atoms with Gasteiger partial charge in [0.25, 0.3) is 0 Å². The Balaban J connectivity index is 1.36. The lowest BCUT2D eigenvalue weighted by molar-refractivity contribution is -0.143. The van der Waals surface area contributed by atoms with Crippen molar-refractivity contribution in [1.82, 2.24) is 15.1 Å². The Morgan fingerprint density at radius 2 is 1.54 bits per heavy atom. The summed E-state index contributed by atoms with van der Waals surface area (Å²) in [5, 5.41) is 7.94. The Morgan fingerprint density at radius 1 is 0.826 bits per heavy atom. The molecule has 242 valence electrons. The minimum atomic E-state index is -5.01. The fraction of sp³-hybridized carbons (Fsp3) is 0.382. The summed E-state index contributed by atoms with van der Waals surface area (Å²) in [6.07, 6.45) is -9.35. The Labute approximate surface area is 261 Å². The molecule has 0 spiro atoms. The summed E-state index contributed by atoms with van der Waals surface area (Å²) in [6, 6.07) is 12.2. The molecule has 46 heavy (non-hydrogen) atoms. The van der Waals surface area contributed by atoms with E-state index in [4.69, 9.17) is 9.15 Å². The SMILES string of the molecule is Cc1ccc(-c2cc(CCc3nnc(C)o3)ccc2C)c([C@@H]2CCC[C@H]3[C@@H](c4cc(C(F)(F)F)cc(C(F)(F)F)c4)OC(=O)N23)c1. The lowest BCUT2D eigenvalue weighted by Crippen LogP contribution is -2.41. The van der Waals surface area contributed by atoms with Crippen LogP contribution in [0.5, 0.6) is 0 Å². The van der Waals surface area contributed by atoms with Gasteiger partial charge in [0.05, 0.1) is 23.2 Å². The minimum Gasteiger partial charge on any atom is -0.439 e. The summed E-state index contributed by atoms with van der Waals surface area (Å²) in [7, 11) is 0. The second-order valence-corrected chi connectivity index (χ2v) is 12.0. The highest BCUT2D eigenvalue weighted by atomic mass is 19.4. The fourth-order valence-corrected chi connectivity index (χ4v) is 6.58. The predicted octanol–water partition coefficient (Wildman–Crippen LogP) is 9.27. The standard InChI is InChI=1S/C34H31F6N3O3/c1-18-7-11-25(26-14-21(9-8-19(26)2)10-12-30-42-41-20(3)45-30)27(13-18)28-5-4-6-29-31(46-32(44)43(28)29)22-15-23(33(35,36)37)17-24(16-22)34(38,39)40/h7-9,11,13-17,28-29,31H,4-6,10,12H2,1-3H3/t28-,29-,31+/m0/s1. The molecule has 3 aromatic carbocycles. The largest absolute Gasteiger partial charge is 0.439 e. The van der Waals surface area contributed by atoms with Crippen molar-refractivity contribution in [2.45, 2.75) is 83.4 Å². The van der Waals surface area contributed by atoms with Gasteiger partial charge in [-0.1, -0.05) is 42.0 Å². The number of aryl methyl sites for hydroxylation is 5.